The topological polar surface area (TPSA) is 49.9 Å². The van der Waals surface area contributed by atoms with Gasteiger partial charge in [-0.15, -0.1) is 11.3 Å². The maximum atomic E-state index is 12.8. The second-order valence-corrected chi connectivity index (χ2v) is 7.24. The van der Waals surface area contributed by atoms with Crippen molar-refractivity contribution in [1.29, 1.82) is 0 Å². The van der Waals surface area contributed by atoms with E-state index >= 15 is 0 Å². The molecule has 1 fully saturated rings. The Labute approximate surface area is 158 Å². The number of carbonyl (C=O) groups excluding carboxylic acids is 2. The van der Waals surface area contributed by atoms with Crippen LogP contribution in [-0.4, -0.2) is 54.4 Å². The summed E-state index contributed by atoms with van der Waals surface area (Å²) < 4.78 is 5.56. The van der Waals surface area contributed by atoms with Crippen LogP contribution >= 0.6 is 11.3 Å². The maximum absolute atomic E-state index is 12.8. The van der Waals surface area contributed by atoms with Gasteiger partial charge in [0.2, 0.25) is 0 Å². The molecule has 1 aliphatic heterocycles. The maximum Gasteiger partial charge on any atom is 0.263 e. The summed E-state index contributed by atoms with van der Waals surface area (Å²) >= 11 is 1.46. The number of nitrogens with zero attached hydrogens (tertiary/aromatic N) is 2. The minimum absolute atomic E-state index is 0.0115. The highest BCUT2D eigenvalue weighted by Gasteiger charge is 2.23. The summed E-state index contributed by atoms with van der Waals surface area (Å²) in [6.45, 7) is 5.22. The van der Waals surface area contributed by atoms with E-state index in [0.29, 0.717) is 38.3 Å². The number of benzene rings is 1. The highest BCUT2D eigenvalue weighted by Crippen LogP contribution is 2.17. The highest BCUT2D eigenvalue weighted by atomic mass is 32.1. The number of thiophene rings is 1. The minimum atomic E-state index is 0.0115. The molecule has 3 rings (SSSR count). The van der Waals surface area contributed by atoms with Crippen molar-refractivity contribution in [3.8, 4) is 5.75 Å². The van der Waals surface area contributed by atoms with Gasteiger partial charge in [0.1, 0.15) is 5.75 Å². The summed E-state index contributed by atoms with van der Waals surface area (Å²) in [5.41, 5.74) is 0.659. The molecule has 0 atom stereocenters. The Hall–Kier alpha value is -2.34. The third-order valence-corrected chi connectivity index (χ3v) is 5.23. The molecular weight excluding hydrogens is 348 g/mol. The second-order valence-electron chi connectivity index (χ2n) is 6.29. The molecule has 1 saturated heterocycles. The van der Waals surface area contributed by atoms with Gasteiger partial charge in [0, 0.05) is 31.7 Å². The second kappa shape index (κ2) is 8.85. The molecule has 1 aromatic carbocycles. The van der Waals surface area contributed by atoms with E-state index in [4.69, 9.17) is 4.74 Å². The van der Waals surface area contributed by atoms with Crippen molar-refractivity contribution in [2.45, 2.75) is 19.8 Å². The molecule has 5 nitrogen and oxygen atoms in total. The van der Waals surface area contributed by atoms with Crippen molar-refractivity contribution in [2.24, 2.45) is 0 Å². The molecule has 0 aliphatic carbocycles. The molecule has 2 heterocycles. The zero-order valence-corrected chi connectivity index (χ0v) is 15.8. The zero-order chi connectivity index (χ0) is 18.4. The van der Waals surface area contributed by atoms with E-state index in [2.05, 4.69) is 6.92 Å². The molecule has 0 saturated carbocycles. The Morgan fingerprint density at radius 3 is 2.31 bits per heavy atom. The first-order chi connectivity index (χ1) is 12.7. The fraction of sp³-hybridized carbons (Fsp3) is 0.400. The highest BCUT2D eigenvalue weighted by molar-refractivity contribution is 7.12. The van der Waals surface area contributed by atoms with E-state index in [1.165, 1.54) is 11.3 Å². The predicted octanol–water partition coefficient (Wildman–Crippen LogP) is 3.53. The molecule has 0 radical (unpaired) electrons. The lowest BCUT2D eigenvalue weighted by atomic mass is 10.2. The lowest BCUT2D eigenvalue weighted by molar-refractivity contribution is 0.0721. The molecule has 138 valence electrons. The standard InChI is InChI=1S/C20H24N2O3S/c1-2-14-25-17-8-6-16(7-9-17)19(23)21-10-4-11-22(13-12-21)20(24)18-5-3-15-26-18/h3,5-9,15H,2,4,10-14H2,1H3. The van der Waals surface area contributed by atoms with Gasteiger partial charge in [0.25, 0.3) is 11.8 Å². The van der Waals surface area contributed by atoms with Crippen LogP contribution < -0.4 is 4.74 Å². The molecular formula is C20H24N2O3S. The summed E-state index contributed by atoms with van der Waals surface area (Å²) in [5, 5.41) is 1.91. The van der Waals surface area contributed by atoms with Gasteiger partial charge in [-0.05, 0) is 48.6 Å². The number of hydrogen-bond acceptors (Lipinski definition) is 4. The van der Waals surface area contributed by atoms with E-state index in [-0.39, 0.29) is 11.8 Å². The Kier molecular flexibility index (Phi) is 6.28. The van der Waals surface area contributed by atoms with Gasteiger partial charge in [0.15, 0.2) is 0 Å². The van der Waals surface area contributed by atoms with Crippen LogP contribution in [0.2, 0.25) is 0 Å². The predicted molar refractivity (Wildman–Crippen MR) is 103 cm³/mol. The van der Waals surface area contributed by atoms with Crippen LogP contribution in [0.25, 0.3) is 0 Å². The Morgan fingerprint density at radius 1 is 1.00 bits per heavy atom. The first kappa shape index (κ1) is 18.5. The summed E-state index contributed by atoms with van der Waals surface area (Å²) in [5.74, 6) is 0.858. The Balaban J connectivity index is 1.59. The Bertz CT molecular complexity index is 728. The van der Waals surface area contributed by atoms with Gasteiger partial charge in [-0.3, -0.25) is 9.59 Å². The fourth-order valence-corrected chi connectivity index (χ4v) is 3.67. The SMILES string of the molecule is CCCOc1ccc(C(=O)N2CCCN(C(=O)c3cccs3)CC2)cc1. The Morgan fingerprint density at radius 2 is 1.69 bits per heavy atom. The van der Waals surface area contributed by atoms with Crippen LogP contribution in [0, 0.1) is 0 Å². The third-order valence-electron chi connectivity index (χ3n) is 4.38. The van der Waals surface area contributed by atoms with E-state index in [1.54, 1.807) is 0 Å². The summed E-state index contributed by atoms with van der Waals surface area (Å²) in [6.07, 6.45) is 1.75. The van der Waals surface area contributed by atoms with Crippen LogP contribution in [-0.2, 0) is 0 Å². The third kappa shape index (κ3) is 4.43. The van der Waals surface area contributed by atoms with E-state index in [1.807, 2.05) is 51.6 Å². The summed E-state index contributed by atoms with van der Waals surface area (Å²) in [7, 11) is 0. The van der Waals surface area contributed by atoms with Crippen LogP contribution in [0.15, 0.2) is 41.8 Å². The van der Waals surface area contributed by atoms with Gasteiger partial charge in [-0.25, -0.2) is 0 Å². The summed E-state index contributed by atoms with van der Waals surface area (Å²) in [4.78, 5) is 29.7. The monoisotopic (exact) mass is 372 g/mol. The number of carbonyl (C=O) groups is 2. The molecule has 0 bridgehead atoms. The largest absolute Gasteiger partial charge is 0.494 e. The smallest absolute Gasteiger partial charge is 0.263 e. The van der Waals surface area contributed by atoms with Crippen molar-refractivity contribution in [3.63, 3.8) is 0 Å². The van der Waals surface area contributed by atoms with Crippen LogP contribution in [0.3, 0.4) is 0 Å². The van der Waals surface area contributed by atoms with Gasteiger partial charge >= 0.3 is 0 Å². The molecule has 0 N–H and O–H groups in total. The molecule has 2 amide bonds. The average molecular weight is 372 g/mol. The quantitative estimate of drug-likeness (QED) is 0.807. The minimum Gasteiger partial charge on any atom is -0.494 e. The molecule has 0 spiro atoms. The van der Waals surface area contributed by atoms with Crippen LogP contribution in [0.1, 0.15) is 39.8 Å². The van der Waals surface area contributed by atoms with Crippen molar-refractivity contribution in [2.75, 3.05) is 32.8 Å². The molecule has 1 aromatic heterocycles. The first-order valence-corrected chi connectivity index (χ1v) is 9.92. The van der Waals surface area contributed by atoms with E-state index in [9.17, 15) is 9.59 Å². The molecule has 26 heavy (non-hydrogen) atoms. The first-order valence-electron chi connectivity index (χ1n) is 9.04. The fourth-order valence-electron chi connectivity index (χ4n) is 2.98. The number of ether oxygens (including phenoxy) is 1. The van der Waals surface area contributed by atoms with Gasteiger partial charge in [-0.1, -0.05) is 13.0 Å². The average Bonchev–Trinajstić information content (AvgIpc) is 3.10. The number of hydrogen-bond donors (Lipinski definition) is 0. The van der Waals surface area contributed by atoms with Crippen molar-refractivity contribution >= 4 is 23.2 Å². The van der Waals surface area contributed by atoms with Crippen LogP contribution in [0.4, 0.5) is 0 Å². The van der Waals surface area contributed by atoms with E-state index in [0.717, 1.165) is 23.5 Å². The van der Waals surface area contributed by atoms with Gasteiger partial charge < -0.3 is 14.5 Å². The van der Waals surface area contributed by atoms with Gasteiger partial charge in [0.05, 0.1) is 11.5 Å². The van der Waals surface area contributed by atoms with Crippen molar-refractivity contribution in [3.05, 3.63) is 52.2 Å². The van der Waals surface area contributed by atoms with Gasteiger partial charge in [-0.2, -0.15) is 0 Å². The lowest BCUT2D eigenvalue weighted by Gasteiger charge is -2.22. The molecule has 1 aliphatic rings. The molecule has 2 aromatic rings. The number of rotatable bonds is 5. The zero-order valence-electron chi connectivity index (χ0n) is 15.0. The lowest BCUT2D eigenvalue weighted by Crippen LogP contribution is -2.37. The molecule has 6 heteroatoms. The van der Waals surface area contributed by atoms with Crippen molar-refractivity contribution in [1.82, 2.24) is 9.80 Å². The normalized spacial score (nSPS) is 14.8. The van der Waals surface area contributed by atoms with Crippen molar-refractivity contribution < 1.29 is 14.3 Å². The molecule has 0 unspecified atom stereocenters. The van der Waals surface area contributed by atoms with E-state index < -0.39 is 0 Å². The van der Waals surface area contributed by atoms with Crippen LogP contribution in [0.5, 0.6) is 5.75 Å². The number of amides is 2. The summed E-state index contributed by atoms with van der Waals surface area (Å²) in [6, 6.07) is 11.0.